The second kappa shape index (κ2) is 7.20. The van der Waals surface area contributed by atoms with Gasteiger partial charge in [0, 0.05) is 5.02 Å². The van der Waals surface area contributed by atoms with Crippen LogP contribution in [0.25, 0.3) is 0 Å². The zero-order chi connectivity index (χ0) is 16.2. The number of benzene rings is 2. The Hall–Kier alpha value is -1.78. The number of rotatable bonds is 4. The lowest BCUT2D eigenvalue weighted by molar-refractivity contribution is -0.118. The molecule has 1 fully saturated rings. The second-order valence-corrected chi connectivity index (χ2v) is 6.93. The number of aryl methyl sites for hydroxylation is 1. The van der Waals surface area contributed by atoms with Crippen molar-refractivity contribution in [2.45, 2.75) is 25.0 Å². The quantitative estimate of drug-likeness (QED) is 0.895. The van der Waals surface area contributed by atoms with Gasteiger partial charge in [-0.05, 0) is 42.2 Å². The van der Waals surface area contributed by atoms with Crippen molar-refractivity contribution in [1.29, 1.82) is 0 Å². The number of halogens is 1. The fourth-order valence-corrected chi connectivity index (χ4v) is 3.61. The van der Waals surface area contributed by atoms with Gasteiger partial charge in [-0.15, -0.1) is 0 Å². The summed E-state index contributed by atoms with van der Waals surface area (Å²) >= 11 is 7.63. The number of hydrogen-bond donors (Lipinski definition) is 1. The molecule has 1 aliphatic heterocycles. The third-order valence-electron chi connectivity index (χ3n) is 3.71. The summed E-state index contributed by atoms with van der Waals surface area (Å²) in [6.45, 7) is 2.12. The molecular weight excluding hydrogens is 328 g/mol. The smallest absolute Gasteiger partial charge is 0.239 e. The van der Waals surface area contributed by atoms with Crippen LogP contribution >= 0.6 is 23.4 Å². The minimum absolute atomic E-state index is 0.0150. The fourth-order valence-electron chi connectivity index (χ4n) is 2.38. The molecule has 5 heteroatoms. The number of nitrogens with one attached hydrogen (secondary N) is 1. The molecule has 0 spiro atoms. The average Bonchev–Trinajstić information content (AvgIpc) is 2.90. The third kappa shape index (κ3) is 3.95. The zero-order valence-electron chi connectivity index (χ0n) is 12.8. The van der Waals surface area contributed by atoms with Gasteiger partial charge >= 0.3 is 0 Å². The van der Waals surface area contributed by atoms with Gasteiger partial charge in [-0.1, -0.05) is 60.6 Å². The van der Waals surface area contributed by atoms with Crippen LogP contribution < -0.4 is 5.32 Å². The van der Waals surface area contributed by atoms with Gasteiger partial charge in [0.05, 0.1) is 10.9 Å². The number of amides is 1. The van der Waals surface area contributed by atoms with E-state index in [0.717, 1.165) is 17.7 Å². The molecule has 1 aliphatic rings. The maximum atomic E-state index is 12.1. The summed E-state index contributed by atoms with van der Waals surface area (Å²) in [6.07, 6.45) is 1.60. The molecule has 1 heterocycles. The molecule has 1 saturated heterocycles. The van der Waals surface area contributed by atoms with E-state index in [1.54, 1.807) is 0 Å². The molecule has 3 rings (SSSR count). The van der Waals surface area contributed by atoms with Crippen LogP contribution in [0.1, 0.15) is 18.1 Å². The topological polar surface area (TPSA) is 41.5 Å². The number of nitrogens with zero attached hydrogens (tertiary/aromatic N) is 1. The average molecular weight is 345 g/mol. The maximum absolute atomic E-state index is 12.1. The minimum Gasteiger partial charge on any atom is -0.304 e. The highest BCUT2D eigenvalue weighted by molar-refractivity contribution is 8.15. The summed E-state index contributed by atoms with van der Waals surface area (Å²) < 4.78 is 0. The molecule has 23 heavy (non-hydrogen) atoms. The van der Waals surface area contributed by atoms with Gasteiger partial charge in [0.15, 0.2) is 5.17 Å². The summed E-state index contributed by atoms with van der Waals surface area (Å²) in [5.41, 5.74) is 3.10. The van der Waals surface area contributed by atoms with Gasteiger partial charge in [0.25, 0.3) is 0 Å². The van der Waals surface area contributed by atoms with E-state index < -0.39 is 0 Å². The number of aliphatic imine (C=N–C) groups is 1. The van der Waals surface area contributed by atoms with Crippen LogP contribution in [0.5, 0.6) is 0 Å². The molecule has 118 valence electrons. The van der Waals surface area contributed by atoms with Crippen LogP contribution in [-0.2, 0) is 17.6 Å². The van der Waals surface area contributed by atoms with Gasteiger partial charge in [0.2, 0.25) is 5.91 Å². The van der Waals surface area contributed by atoms with Crippen LogP contribution in [0.15, 0.2) is 53.5 Å². The van der Waals surface area contributed by atoms with Crippen molar-refractivity contribution in [3.8, 4) is 0 Å². The fraction of sp³-hybridized carbons (Fsp3) is 0.222. The Morgan fingerprint density at radius 1 is 1.17 bits per heavy atom. The first-order chi connectivity index (χ1) is 11.2. The van der Waals surface area contributed by atoms with Crippen molar-refractivity contribution in [2.24, 2.45) is 4.99 Å². The lowest BCUT2D eigenvalue weighted by Gasteiger charge is -2.06. The Morgan fingerprint density at radius 2 is 1.91 bits per heavy atom. The number of carbonyl (C=O) groups is 1. The molecule has 0 aliphatic carbocycles. The van der Waals surface area contributed by atoms with Gasteiger partial charge < -0.3 is 5.32 Å². The van der Waals surface area contributed by atoms with E-state index in [4.69, 9.17) is 11.6 Å². The summed E-state index contributed by atoms with van der Waals surface area (Å²) in [5.74, 6) is -0.0150. The molecular formula is C18H17ClN2OS. The Morgan fingerprint density at radius 3 is 2.61 bits per heavy atom. The molecule has 0 unspecified atom stereocenters. The first-order valence-electron chi connectivity index (χ1n) is 7.54. The Balaban J connectivity index is 1.71. The van der Waals surface area contributed by atoms with E-state index in [0.29, 0.717) is 16.6 Å². The van der Waals surface area contributed by atoms with Crippen LogP contribution in [0.2, 0.25) is 5.02 Å². The van der Waals surface area contributed by atoms with Gasteiger partial charge in [0.1, 0.15) is 0 Å². The standard InChI is InChI=1S/C18H17ClN2OS/c1-2-12-7-9-14(10-8-12)20-18-21-17(22)16(23-18)11-13-5-3-4-6-15(13)19/h3-10,16H,2,11H2,1H3,(H,20,21,22)/t16-/m0/s1. The van der Waals surface area contributed by atoms with Crippen molar-refractivity contribution in [3.63, 3.8) is 0 Å². The summed E-state index contributed by atoms with van der Waals surface area (Å²) in [5, 5.41) is 4.01. The van der Waals surface area contributed by atoms with Crippen molar-refractivity contribution >= 4 is 40.1 Å². The van der Waals surface area contributed by atoms with E-state index in [-0.39, 0.29) is 11.2 Å². The SMILES string of the molecule is CCc1ccc(N=C2NC(=O)[C@H](Cc3ccccc3Cl)S2)cc1. The van der Waals surface area contributed by atoms with Gasteiger partial charge in [-0.2, -0.15) is 0 Å². The molecule has 0 radical (unpaired) electrons. The molecule has 1 atom stereocenters. The van der Waals surface area contributed by atoms with E-state index >= 15 is 0 Å². The Bertz CT molecular complexity index is 743. The highest BCUT2D eigenvalue weighted by atomic mass is 35.5. The molecule has 2 aromatic carbocycles. The molecule has 0 aromatic heterocycles. The van der Waals surface area contributed by atoms with Gasteiger partial charge in [-0.25, -0.2) is 4.99 Å². The van der Waals surface area contributed by atoms with Crippen LogP contribution in [0.3, 0.4) is 0 Å². The Labute approximate surface area is 145 Å². The van der Waals surface area contributed by atoms with Crippen molar-refractivity contribution in [1.82, 2.24) is 5.32 Å². The van der Waals surface area contributed by atoms with Crippen LogP contribution in [-0.4, -0.2) is 16.3 Å². The number of amidine groups is 1. The number of carbonyl (C=O) groups excluding carboxylic acids is 1. The molecule has 0 saturated carbocycles. The number of thioether (sulfide) groups is 1. The molecule has 1 N–H and O–H groups in total. The second-order valence-electron chi connectivity index (χ2n) is 5.33. The van der Waals surface area contributed by atoms with Crippen molar-refractivity contribution in [3.05, 3.63) is 64.7 Å². The predicted molar refractivity (Wildman–Crippen MR) is 97.6 cm³/mol. The number of hydrogen-bond acceptors (Lipinski definition) is 3. The largest absolute Gasteiger partial charge is 0.304 e. The maximum Gasteiger partial charge on any atom is 0.239 e. The van der Waals surface area contributed by atoms with E-state index in [1.165, 1.54) is 17.3 Å². The van der Waals surface area contributed by atoms with Crippen molar-refractivity contribution < 1.29 is 4.79 Å². The normalized spacial score (nSPS) is 19.1. The predicted octanol–water partition coefficient (Wildman–Crippen LogP) is 4.36. The molecule has 3 nitrogen and oxygen atoms in total. The molecule has 1 amide bonds. The molecule has 2 aromatic rings. The lowest BCUT2D eigenvalue weighted by Crippen LogP contribution is -2.26. The Kier molecular flexibility index (Phi) is 5.03. The highest BCUT2D eigenvalue weighted by Crippen LogP contribution is 2.28. The van der Waals surface area contributed by atoms with Gasteiger partial charge in [-0.3, -0.25) is 4.79 Å². The van der Waals surface area contributed by atoms with Crippen molar-refractivity contribution in [2.75, 3.05) is 0 Å². The highest BCUT2D eigenvalue weighted by Gasteiger charge is 2.30. The first kappa shape index (κ1) is 16.1. The van der Waals surface area contributed by atoms with Crippen LogP contribution in [0.4, 0.5) is 5.69 Å². The van der Waals surface area contributed by atoms with Crippen LogP contribution in [0, 0.1) is 0 Å². The molecule has 0 bridgehead atoms. The summed E-state index contributed by atoms with van der Waals surface area (Å²) in [4.78, 5) is 16.6. The monoisotopic (exact) mass is 344 g/mol. The van der Waals surface area contributed by atoms with E-state index in [2.05, 4.69) is 29.4 Å². The minimum atomic E-state index is -0.191. The summed E-state index contributed by atoms with van der Waals surface area (Å²) in [6, 6.07) is 15.7. The van der Waals surface area contributed by atoms with E-state index in [1.807, 2.05) is 36.4 Å². The summed E-state index contributed by atoms with van der Waals surface area (Å²) in [7, 11) is 0. The van der Waals surface area contributed by atoms with E-state index in [9.17, 15) is 4.79 Å². The first-order valence-corrected chi connectivity index (χ1v) is 8.80. The lowest BCUT2D eigenvalue weighted by atomic mass is 10.1. The third-order valence-corrected chi connectivity index (χ3v) is 5.17. The zero-order valence-corrected chi connectivity index (χ0v) is 14.3.